The Kier molecular flexibility index (Phi) is 6.55. The minimum absolute atomic E-state index is 0.0895. The Morgan fingerprint density at radius 3 is 2.35 bits per heavy atom. The Hall–Kier alpha value is -3.48. The van der Waals surface area contributed by atoms with E-state index < -0.39 is 17.7 Å². The molecule has 3 aromatic carbocycles. The third-order valence-corrected chi connectivity index (χ3v) is 6.39. The van der Waals surface area contributed by atoms with E-state index in [9.17, 15) is 14.7 Å². The summed E-state index contributed by atoms with van der Waals surface area (Å²) in [6.07, 6.45) is 0. The van der Waals surface area contributed by atoms with Crippen molar-refractivity contribution in [2.24, 2.45) is 0 Å². The van der Waals surface area contributed by atoms with Gasteiger partial charge < -0.3 is 14.6 Å². The number of anilines is 1. The molecule has 1 saturated heterocycles. The van der Waals surface area contributed by atoms with Crippen LogP contribution in [0.25, 0.3) is 5.76 Å². The second-order valence-corrected chi connectivity index (χ2v) is 8.56. The lowest BCUT2D eigenvalue weighted by Gasteiger charge is -2.26. The third-order valence-electron chi connectivity index (χ3n) is 5.65. The highest BCUT2D eigenvalue weighted by Crippen LogP contribution is 2.44. The van der Waals surface area contributed by atoms with Gasteiger partial charge in [0.2, 0.25) is 0 Å². The summed E-state index contributed by atoms with van der Waals surface area (Å²) in [5.41, 5.74) is 2.09. The van der Waals surface area contributed by atoms with Crippen molar-refractivity contribution in [2.45, 2.75) is 13.0 Å². The molecule has 1 aliphatic rings. The van der Waals surface area contributed by atoms with Crippen LogP contribution in [0.1, 0.15) is 22.7 Å². The Bertz CT molecular complexity index is 1330. The minimum Gasteiger partial charge on any atom is -0.507 e. The van der Waals surface area contributed by atoms with Gasteiger partial charge in [0.05, 0.1) is 41.4 Å². The SMILES string of the molecule is COc1ccc(/C(O)=C2/C(=O)C(=O)N(c3cccc(C)c3)C2c2ccc(Cl)c(Cl)c2)c(OC)c1. The number of carbonyl (C=O) groups excluding carboxylic acids is 2. The minimum atomic E-state index is -0.941. The zero-order valence-electron chi connectivity index (χ0n) is 18.6. The Balaban J connectivity index is 1.99. The van der Waals surface area contributed by atoms with Gasteiger partial charge in [0.1, 0.15) is 17.3 Å². The van der Waals surface area contributed by atoms with E-state index >= 15 is 0 Å². The number of ketones is 1. The number of carbonyl (C=O) groups is 2. The van der Waals surface area contributed by atoms with Crippen LogP contribution in [0.4, 0.5) is 5.69 Å². The number of aliphatic hydroxyl groups is 1. The molecule has 3 aromatic rings. The fourth-order valence-corrected chi connectivity index (χ4v) is 4.32. The van der Waals surface area contributed by atoms with Crippen LogP contribution in [0, 0.1) is 6.92 Å². The summed E-state index contributed by atoms with van der Waals surface area (Å²) in [4.78, 5) is 27.9. The molecule has 0 spiro atoms. The molecule has 0 aliphatic carbocycles. The van der Waals surface area contributed by atoms with Crippen LogP contribution in [0.15, 0.2) is 66.2 Å². The number of benzene rings is 3. The molecule has 174 valence electrons. The van der Waals surface area contributed by atoms with Gasteiger partial charge in [-0.25, -0.2) is 0 Å². The average Bonchev–Trinajstić information content (AvgIpc) is 3.10. The van der Waals surface area contributed by atoms with Crippen molar-refractivity contribution < 1.29 is 24.2 Å². The van der Waals surface area contributed by atoms with Crippen molar-refractivity contribution in [2.75, 3.05) is 19.1 Å². The van der Waals surface area contributed by atoms with Crippen molar-refractivity contribution in [1.29, 1.82) is 0 Å². The third kappa shape index (κ3) is 4.11. The molecular weight excluding hydrogens is 477 g/mol. The molecule has 0 aromatic heterocycles. The van der Waals surface area contributed by atoms with Crippen LogP contribution in [-0.4, -0.2) is 31.0 Å². The summed E-state index contributed by atoms with van der Waals surface area (Å²) in [5.74, 6) is -1.17. The van der Waals surface area contributed by atoms with Gasteiger partial charge in [0.25, 0.3) is 11.7 Å². The summed E-state index contributed by atoms with van der Waals surface area (Å²) < 4.78 is 10.6. The monoisotopic (exact) mass is 497 g/mol. The van der Waals surface area contributed by atoms with Crippen LogP contribution >= 0.6 is 23.2 Å². The number of aryl methyl sites for hydroxylation is 1. The Morgan fingerprint density at radius 1 is 0.941 bits per heavy atom. The predicted octanol–water partition coefficient (Wildman–Crippen LogP) is 5.95. The Labute approximate surface area is 206 Å². The lowest BCUT2D eigenvalue weighted by atomic mass is 9.94. The summed E-state index contributed by atoms with van der Waals surface area (Å²) in [6.45, 7) is 1.89. The van der Waals surface area contributed by atoms with Crippen molar-refractivity contribution in [3.05, 3.63) is 93.0 Å². The van der Waals surface area contributed by atoms with E-state index in [2.05, 4.69) is 0 Å². The number of hydrogen-bond acceptors (Lipinski definition) is 5. The number of nitrogens with zero attached hydrogens (tertiary/aromatic N) is 1. The summed E-state index contributed by atoms with van der Waals surface area (Å²) in [7, 11) is 2.94. The molecule has 8 heteroatoms. The molecule has 0 bridgehead atoms. The number of Topliss-reactive ketones (excluding diaryl/α,β-unsaturated/α-hetero) is 1. The summed E-state index contributed by atoms with van der Waals surface area (Å²) in [6, 6.07) is 15.9. The number of rotatable bonds is 5. The first-order valence-electron chi connectivity index (χ1n) is 10.3. The second-order valence-electron chi connectivity index (χ2n) is 7.75. The number of halogens is 2. The topological polar surface area (TPSA) is 76.1 Å². The zero-order chi connectivity index (χ0) is 24.6. The number of hydrogen-bond donors (Lipinski definition) is 1. The van der Waals surface area contributed by atoms with Crippen LogP contribution in [0.5, 0.6) is 11.5 Å². The largest absolute Gasteiger partial charge is 0.507 e. The molecule has 1 aliphatic heterocycles. The van der Waals surface area contributed by atoms with Crippen LogP contribution in [0.2, 0.25) is 10.0 Å². The first-order valence-corrected chi connectivity index (χ1v) is 11.1. The first-order chi connectivity index (χ1) is 16.3. The summed E-state index contributed by atoms with van der Waals surface area (Å²) in [5, 5.41) is 11.9. The van der Waals surface area contributed by atoms with Gasteiger partial charge in [-0.05, 0) is 54.4 Å². The quantitative estimate of drug-likeness (QED) is 0.268. The smallest absolute Gasteiger partial charge is 0.300 e. The molecule has 1 fully saturated rings. The average molecular weight is 498 g/mol. The van der Waals surface area contributed by atoms with E-state index in [0.717, 1.165) is 5.56 Å². The maximum Gasteiger partial charge on any atom is 0.300 e. The van der Waals surface area contributed by atoms with Gasteiger partial charge in [0.15, 0.2) is 0 Å². The standard InChI is InChI=1S/C26H21Cl2NO5/c1-14-5-4-6-16(11-14)29-23(15-7-10-19(27)20(28)12-15)22(25(31)26(29)32)24(30)18-9-8-17(33-2)13-21(18)34-3/h4-13,23,30H,1-3H3/b24-22-. The molecule has 1 N–H and O–H groups in total. The van der Waals surface area contributed by atoms with Crippen molar-refractivity contribution in [3.8, 4) is 11.5 Å². The van der Waals surface area contributed by atoms with Gasteiger partial charge in [-0.2, -0.15) is 0 Å². The highest BCUT2D eigenvalue weighted by molar-refractivity contribution is 6.52. The van der Waals surface area contributed by atoms with Gasteiger partial charge in [-0.3, -0.25) is 14.5 Å². The van der Waals surface area contributed by atoms with Gasteiger partial charge >= 0.3 is 0 Å². The Morgan fingerprint density at radius 2 is 1.71 bits per heavy atom. The lowest BCUT2D eigenvalue weighted by molar-refractivity contribution is -0.132. The summed E-state index contributed by atoms with van der Waals surface area (Å²) >= 11 is 12.4. The number of amides is 1. The molecule has 1 unspecified atom stereocenters. The normalized spacial score (nSPS) is 17.2. The lowest BCUT2D eigenvalue weighted by Crippen LogP contribution is -2.29. The highest BCUT2D eigenvalue weighted by Gasteiger charge is 2.47. The molecule has 1 amide bonds. The van der Waals surface area contributed by atoms with Crippen LogP contribution in [0.3, 0.4) is 0 Å². The molecule has 34 heavy (non-hydrogen) atoms. The molecule has 0 saturated carbocycles. The van der Waals surface area contributed by atoms with E-state index in [1.54, 1.807) is 54.6 Å². The second kappa shape index (κ2) is 9.41. The van der Waals surface area contributed by atoms with Gasteiger partial charge in [0, 0.05) is 11.8 Å². The van der Waals surface area contributed by atoms with Crippen molar-refractivity contribution >= 4 is 46.3 Å². The highest BCUT2D eigenvalue weighted by atomic mass is 35.5. The van der Waals surface area contributed by atoms with Crippen molar-refractivity contribution in [1.82, 2.24) is 0 Å². The maximum atomic E-state index is 13.3. The van der Waals surface area contributed by atoms with Crippen LogP contribution < -0.4 is 14.4 Å². The van der Waals surface area contributed by atoms with E-state index in [0.29, 0.717) is 22.0 Å². The van der Waals surface area contributed by atoms with E-state index in [1.165, 1.54) is 19.1 Å². The fraction of sp³-hybridized carbons (Fsp3) is 0.154. The van der Waals surface area contributed by atoms with E-state index in [-0.39, 0.29) is 27.7 Å². The van der Waals surface area contributed by atoms with Crippen molar-refractivity contribution in [3.63, 3.8) is 0 Å². The van der Waals surface area contributed by atoms with Gasteiger partial charge in [-0.15, -0.1) is 0 Å². The number of aliphatic hydroxyl groups excluding tert-OH is 1. The van der Waals surface area contributed by atoms with Gasteiger partial charge in [-0.1, -0.05) is 41.4 Å². The molecule has 4 rings (SSSR count). The fourth-order valence-electron chi connectivity index (χ4n) is 4.01. The molecule has 1 heterocycles. The molecular formula is C26H21Cl2NO5. The predicted molar refractivity (Wildman–Crippen MR) is 132 cm³/mol. The first kappa shape index (κ1) is 23.7. The number of ether oxygens (including phenoxy) is 2. The van der Waals surface area contributed by atoms with E-state index in [1.807, 2.05) is 13.0 Å². The zero-order valence-corrected chi connectivity index (χ0v) is 20.1. The molecule has 0 radical (unpaired) electrons. The van der Waals surface area contributed by atoms with E-state index in [4.69, 9.17) is 32.7 Å². The maximum absolute atomic E-state index is 13.3. The van der Waals surface area contributed by atoms with Crippen LogP contribution in [-0.2, 0) is 9.59 Å². The molecule has 1 atom stereocenters. The number of methoxy groups -OCH3 is 2. The molecule has 6 nitrogen and oxygen atoms in total.